The van der Waals surface area contributed by atoms with Gasteiger partial charge in [0.05, 0.1) is 11.6 Å². The lowest BCUT2D eigenvalue weighted by molar-refractivity contribution is 0.633. The fourth-order valence-electron chi connectivity index (χ4n) is 2.64. The first-order chi connectivity index (χ1) is 9.81. The summed E-state index contributed by atoms with van der Waals surface area (Å²) in [6, 6.07) is 10.8. The Bertz CT molecular complexity index is 712. The predicted octanol–water partition coefficient (Wildman–Crippen LogP) is 4.30. The molecule has 0 saturated heterocycles. The van der Waals surface area contributed by atoms with Gasteiger partial charge >= 0.3 is 0 Å². The van der Waals surface area contributed by atoms with Crippen molar-refractivity contribution in [1.29, 1.82) is 0 Å². The summed E-state index contributed by atoms with van der Waals surface area (Å²) in [7, 11) is 0. The molecule has 1 N–H and O–H groups in total. The van der Waals surface area contributed by atoms with Gasteiger partial charge in [-0.2, -0.15) is 11.3 Å². The van der Waals surface area contributed by atoms with Crippen molar-refractivity contribution < 1.29 is 0 Å². The molecule has 3 heteroatoms. The highest BCUT2D eigenvalue weighted by Gasteiger charge is 2.18. The van der Waals surface area contributed by atoms with E-state index in [2.05, 4.69) is 59.2 Å². The smallest absolute Gasteiger partial charge is 0.0705 e. The average molecular weight is 282 g/mol. The molecule has 0 amide bonds. The first-order valence-corrected chi connectivity index (χ1v) is 7.85. The molecule has 102 valence electrons. The average Bonchev–Trinajstić information content (AvgIpc) is 2.90. The number of pyridine rings is 1. The monoisotopic (exact) mass is 282 g/mol. The van der Waals surface area contributed by atoms with Crippen LogP contribution in [0, 0.1) is 6.92 Å². The SMILES string of the molecule is CCNC(c1cscc1C)c1cccc2ncccc12. The van der Waals surface area contributed by atoms with Crippen LogP contribution in [0.5, 0.6) is 0 Å². The summed E-state index contributed by atoms with van der Waals surface area (Å²) in [4.78, 5) is 4.46. The molecule has 1 atom stereocenters. The maximum atomic E-state index is 4.46. The second kappa shape index (κ2) is 5.73. The van der Waals surface area contributed by atoms with Crippen LogP contribution < -0.4 is 5.32 Å². The second-order valence-electron chi connectivity index (χ2n) is 4.92. The molecule has 0 aliphatic rings. The van der Waals surface area contributed by atoms with Gasteiger partial charge in [0.25, 0.3) is 0 Å². The molecule has 2 nitrogen and oxygen atoms in total. The van der Waals surface area contributed by atoms with E-state index >= 15 is 0 Å². The molecule has 0 saturated carbocycles. The van der Waals surface area contributed by atoms with Crippen molar-refractivity contribution in [3.8, 4) is 0 Å². The number of rotatable bonds is 4. The third-order valence-electron chi connectivity index (χ3n) is 3.60. The maximum Gasteiger partial charge on any atom is 0.0705 e. The molecule has 0 bridgehead atoms. The molecule has 1 aromatic carbocycles. The Morgan fingerprint density at radius 3 is 2.80 bits per heavy atom. The molecule has 0 spiro atoms. The van der Waals surface area contributed by atoms with Crippen LogP contribution in [0.25, 0.3) is 10.9 Å². The van der Waals surface area contributed by atoms with Gasteiger partial charge in [-0.05, 0) is 53.1 Å². The first-order valence-electron chi connectivity index (χ1n) is 6.91. The fourth-order valence-corrected chi connectivity index (χ4v) is 3.51. The Morgan fingerprint density at radius 1 is 1.15 bits per heavy atom. The zero-order valence-electron chi connectivity index (χ0n) is 11.8. The van der Waals surface area contributed by atoms with Crippen LogP contribution in [-0.4, -0.2) is 11.5 Å². The summed E-state index contributed by atoms with van der Waals surface area (Å²) in [5.41, 5.74) is 5.08. The van der Waals surface area contributed by atoms with Crippen molar-refractivity contribution in [2.24, 2.45) is 0 Å². The summed E-state index contributed by atoms with van der Waals surface area (Å²) >= 11 is 1.76. The van der Waals surface area contributed by atoms with E-state index in [1.165, 1.54) is 22.1 Å². The van der Waals surface area contributed by atoms with Gasteiger partial charge in [0.1, 0.15) is 0 Å². The third kappa shape index (κ3) is 2.35. The lowest BCUT2D eigenvalue weighted by atomic mass is 9.95. The molecule has 2 heterocycles. The highest BCUT2D eigenvalue weighted by Crippen LogP contribution is 2.31. The molecule has 0 aliphatic heterocycles. The van der Waals surface area contributed by atoms with E-state index in [4.69, 9.17) is 0 Å². The van der Waals surface area contributed by atoms with Gasteiger partial charge in [-0.3, -0.25) is 4.98 Å². The van der Waals surface area contributed by atoms with Crippen molar-refractivity contribution in [3.05, 3.63) is 64.0 Å². The standard InChI is InChI=1S/C17H18N2S/c1-3-18-17(15-11-20-10-12(15)2)14-6-4-8-16-13(14)7-5-9-19-16/h4-11,17-18H,3H2,1-2H3. The number of benzene rings is 1. The summed E-state index contributed by atoms with van der Waals surface area (Å²) in [6.07, 6.45) is 1.85. The fraction of sp³-hybridized carbons (Fsp3) is 0.235. The highest BCUT2D eigenvalue weighted by molar-refractivity contribution is 7.08. The van der Waals surface area contributed by atoms with Crippen molar-refractivity contribution in [1.82, 2.24) is 10.3 Å². The van der Waals surface area contributed by atoms with E-state index < -0.39 is 0 Å². The second-order valence-corrected chi connectivity index (χ2v) is 5.66. The Morgan fingerprint density at radius 2 is 2.05 bits per heavy atom. The largest absolute Gasteiger partial charge is 0.306 e. The maximum absolute atomic E-state index is 4.46. The topological polar surface area (TPSA) is 24.9 Å². The van der Waals surface area contributed by atoms with Crippen molar-refractivity contribution in [2.75, 3.05) is 6.54 Å². The van der Waals surface area contributed by atoms with Gasteiger partial charge in [0.2, 0.25) is 0 Å². The van der Waals surface area contributed by atoms with Gasteiger partial charge < -0.3 is 5.32 Å². The minimum Gasteiger partial charge on any atom is -0.306 e. The Kier molecular flexibility index (Phi) is 3.81. The number of fused-ring (bicyclic) bond motifs is 1. The van der Waals surface area contributed by atoms with Crippen LogP contribution in [0.2, 0.25) is 0 Å². The molecule has 3 aromatic rings. The van der Waals surface area contributed by atoms with Crippen LogP contribution in [0.3, 0.4) is 0 Å². The molecule has 0 radical (unpaired) electrons. The molecule has 1 unspecified atom stereocenters. The normalized spacial score (nSPS) is 12.7. The van der Waals surface area contributed by atoms with Crippen molar-refractivity contribution in [2.45, 2.75) is 19.9 Å². The van der Waals surface area contributed by atoms with Crippen molar-refractivity contribution >= 4 is 22.2 Å². The van der Waals surface area contributed by atoms with E-state index in [1.54, 1.807) is 11.3 Å². The number of aryl methyl sites for hydroxylation is 1. The van der Waals surface area contributed by atoms with Crippen LogP contribution >= 0.6 is 11.3 Å². The van der Waals surface area contributed by atoms with E-state index in [9.17, 15) is 0 Å². The van der Waals surface area contributed by atoms with Crippen molar-refractivity contribution in [3.63, 3.8) is 0 Å². The van der Waals surface area contributed by atoms with Gasteiger partial charge in [-0.25, -0.2) is 0 Å². The van der Waals surface area contributed by atoms with E-state index in [0.29, 0.717) is 0 Å². The molecular formula is C17H18N2S. The number of hydrogen-bond acceptors (Lipinski definition) is 3. The third-order valence-corrected chi connectivity index (χ3v) is 4.48. The van der Waals surface area contributed by atoms with Gasteiger partial charge in [-0.1, -0.05) is 25.1 Å². The lowest BCUT2D eigenvalue weighted by Gasteiger charge is -2.20. The number of nitrogens with one attached hydrogen (secondary N) is 1. The quantitative estimate of drug-likeness (QED) is 0.771. The van der Waals surface area contributed by atoms with E-state index in [0.717, 1.165) is 12.1 Å². The van der Waals surface area contributed by atoms with Crippen LogP contribution in [0.4, 0.5) is 0 Å². The number of nitrogens with zero attached hydrogens (tertiary/aromatic N) is 1. The van der Waals surface area contributed by atoms with Crippen LogP contribution in [0.15, 0.2) is 47.3 Å². The number of thiophene rings is 1. The zero-order chi connectivity index (χ0) is 13.9. The summed E-state index contributed by atoms with van der Waals surface area (Å²) < 4.78 is 0. The zero-order valence-corrected chi connectivity index (χ0v) is 12.6. The van der Waals surface area contributed by atoms with E-state index in [1.807, 2.05) is 12.3 Å². The molecule has 0 aliphatic carbocycles. The molecule has 3 rings (SSSR count). The number of hydrogen-bond donors (Lipinski definition) is 1. The Balaban J connectivity index is 2.17. The van der Waals surface area contributed by atoms with Crippen LogP contribution in [0.1, 0.15) is 29.7 Å². The first kappa shape index (κ1) is 13.3. The van der Waals surface area contributed by atoms with Gasteiger partial charge in [-0.15, -0.1) is 0 Å². The molecule has 20 heavy (non-hydrogen) atoms. The lowest BCUT2D eigenvalue weighted by Crippen LogP contribution is -2.22. The summed E-state index contributed by atoms with van der Waals surface area (Å²) in [5, 5.41) is 9.30. The highest BCUT2D eigenvalue weighted by atomic mass is 32.1. The van der Waals surface area contributed by atoms with E-state index in [-0.39, 0.29) is 6.04 Å². The Hall–Kier alpha value is -1.71. The van der Waals surface area contributed by atoms with Gasteiger partial charge in [0, 0.05) is 11.6 Å². The molecule has 2 aromatic heterocycles. The Labute approximate surface area is 123 Å². The van der Waals surface area contributed by atoms with Gasteiger partial charge in [0.15, 0.2) is 0 Å². The minimum absolute atomic E-state index is 0.235. The molecular weight excluding hydrogens is 264 g/mol. The summed E-state index contributed by atoms with van der Waals surface area (Å²) in [5.74, 6) is 0. The molecule has 0 fully saturated rings. The summed E-state index contributed by atoms with van der Waals surface area (Å²) in [6.45, 7) is 5.27. The van der Waals surface area contributed by atoms with Crippen LogP contribution in [-0.2, 0) is 0 Å². The minimum atomic E-state index is 0.235. The number of aromatic nitrogens is 1. The predicted molar refractivity (Wildman–Crippen MR) is 86.3 cm³/mol.